The Morgan fingerprint density at radius 2 is 2.08 bits per heavy atom. The number of carbonyl (C=O) groups is 2. The lowest BCUT2D eigenvalue weighted by atomic mass is 10.0. The number of ether oxygens (including phenoxy) is 1. The SMILES string of the molecule is Cc1ccc2c(c1)N(CCC(=O)Nc1ccc(Cl)cn1)C(=O)C(C)(C)O2. The lowest BCUT2D eigenvalue weighted by molar-refractivity contribution is -0.132. The highest BCUT2D eigenvalue weighted by Crippen LogP contribution is 2.38. The second-order valence-corrected chi connectivity index (χ2v) is 7.14. The van der Waals surface area contributed by atoms with E-state index in [-0.39, 0.29) is 24.8 Å². The van der Waals surface area contributed by atoms with Crippen molar-refractivity contribution in [3.8, 4) is 5.75 Å². The third-order valence-electron chi connectivity index (χ3n) is 4.09. The summed E-state index contributed by atoms with van der Waals surface area (Å²) in [5.41, 5.74) is 0.725. The second kappa shape index (κ2) is 6.96. The average molecular weight is 374 g/mol. The number of aromatic nitrogens is 1. The Morgan fingerprint density at radius 3 is 2.77 bits per heavy atom. The highest BCUT2D eigenvalue weighted by molar-refractivity contribution is 6.30. The zero-order valence-corrected chi connectivity index (χ0v) is 15.6. The maximum atomic E-state index is 12.8. The number of fused-ring (bicyclic) bond motifs is 1. The standard InChI is InChI=1S/C19H20ClN3O3/c1-12-4-6-15-14(10-12)23(18(25)19(2,3)26-15)9-8-17(24)22-16-7-5-13(20)11-21-16/h4-7,10-11H,8-9H2,1-3H3,(H,21,22,24). The molecule has 0 saturated carbocycles. The van der Waals surface area contributed by atoms with Crippen LogP contribution in [-0.2, 0) is 9.59 Å². The van der Waals surface area contributed by atoms with Gasteiger partial charge < -0.3 is 15.0 Å². The summed E-state index contributed by atoms with van der Waals surface area (Å²) in [6, 6.07) is 8.95. The molecule has 26 heavy (non-hydrogen) atoms. The van der Waals surface area contributed by atoms with Gasteiger partial charge in [-0.15, -0.1) is 0 Å². The van der Waals surface area contributed by atoms with Crippen molar-refractivity contribution in [1.29, 1.82) is 0 Å². The zero-order chi connectivity index (χ0) is 18.9. The lowest BCUT2D eigenvalue weighted by Crippen LogP contribution is -2.53. The van der Waals surface area contributed by atoms with Gasteiger partial charge in [0.15, 0.2) is 5.60 Å². The van der Waals surface area contributed by atoms with E-state index in [9.17, 15) is 9.59 Å². The molecule has 0 aliphatic carbocycles. The first-order valence-electron chi connectivity index (χ1n) is 8.29. The van der Waals surface area contributed by atoms with Crippen molar-refractivity contribution in [3.63, 3.8) is 0 Å². The third kappa shape index (κ3) is 3.80. The molecule has 2 aromatic rings. The van der Waals surface area contributed by atoms with Gasteiger partial charge in [0.2, 0.25) is 5.91 Å². The van der Waals surface area contributed by atoms with Crippen LogP contribution in [0.5, 0.6) is 5.75 Å². The van der Waals surface area contributed by atoms with E-state index in [1.54, 1.807) is 30.9 Å². The number of hydrogen-bond acceptors (Lipinski definition) is 4. The molecule has 0 bridgehead atoms. The van der Waals surface area contributed by atoms with Crippen molar-refractivity contribution in [2.75, 3.05) is 16.8 Å². The van der Waals surface area contributed by atoms with Gasteiger partial charge in [0.05, 0.1) is 10.7 Å². The van der Waals surface area contributed by atoms with E-state index in [1.807, 2.05) is 25.1 Å². The molecule has 0 atom stereocenters. The van der Waals surface area contributed by atoms with Crippen molar-refractivity contribution < 1.29 is 14.3 Å². The number of amides is 2. The van der Waals surface area contributed by atoms with E-state index in [0.717, 1.165) is 5.56 Å². The number of nitrogens with one attached hydrogen (secondary N) is 1. The maximum absolute atomic E-state index is 12.8. The van der Waals surface area contributed by atoms with Crippen LogP contribution in [0.2, 0.25) is 5.02 Å². The van der Waals surface area contributed by atoms with E-state index in [2.05, 4.69) is 10.3 Å². The van der Waals surface area contributed by atoms with Gasteiger partial charge in [-0.25, -0.2) is 4.98 Å². The predicted molar refractivity (Wildman–Crippen MR) is 101 cm³/mol. The molecule has 1 aromatic carbocycles. The molecule has 0 spiro atoms. The van der Waals surface area contributed by atoms with Crippen LogP contribution < -0.4 is 15.0 Å². The van der Waals surface area contributed by atoms with Crippen LogP contribution >= 0.6 is 11.6 Å². The number of hydrogen-bond donors (Lipinski definition) is 1. The number of carbonyl (C=O) groups excluding carboxylic acids is 2. The van der Waals surface area contributed by atoms with Gasteiger partial charge >= 0.3 is 0 Å². The molecule has 3 rings (SSSR count). The van der Waals surface area contributed by atoms with Crippen molar-refractivity contribution in [2.45, 2.75) is 32.8 Å². The molecule has 7 heteroatoms. The van der Waals surface area contributed by atoms with E-state index >= 15 is 0 Å². The number of nitrogens with zero attached hydrogens (tertiary/aromatic N) is 2. The molecule has 1 aliphatic heterocycles. The number of rotatable bonds is 4. The monoisotopic (exact) mass is 373 g/mol. The second-order valence-electron chi connectivity index (χ2n) is 6.70. The highest BCUT2D eigenvalue weighted by atomic mass is 35.5. The van der Waals surface area contributed by atoms with Crippen LogP contribution in [-0.4, -0.2) is 28.9 Å². The first kappa shape index (κ1) is 18.2. The van der Waals surface area contributed by atoms with Crippen molar-refractivity contribution in [2.24, 2.45) is 0 Å². The van der Waals surface area contributed by atoms with Crippen LogP contribution in [0.15, 0.2) is 36.5 Å². The molecule has 6 nitrogen and oxygen atoms in total. The number of aryl methyl sites for hydroxylation is 1. The van der Waals surface area contributed by atoms with Crippen molar-refractivity contribution in [3.05, 3.63) is 47.1 Å². The van der Waals surface area contributed by atoms with E-state index in [1.165, 1.54) is 6.20 Å². The first-order valence-corrected chi connectivity index (χ1v) is 8.67. The normalized spacial score (nSPS) is 15.2. The Morgan fingerprint density at radius 1 is 1.31 bits per heavy atom. The number of halogens is 1. The van der Waals surface area contributed by atoms with Crippen LogP contribution in [0.4, 0.5) is 11.5 Å². The summed E-state index contributed by atoms with van der Waals surface area (Å²) in [5.74, 6) is 0.656. The van der Waals surface area contributed by atoms with Gasteiger partial charge in [0.25, 0.3) is 5.91 Å². The van der Waals surface area contributed by atoms with E-state index in [4.69, 9.17) is 16.3 Å². The van der Waals surface area contributed by atoms with Gasteiger partial charge in [0.1, 0.15) is 11.6 Å². The molecule has 0 radical (unpaired) electrons. The molecular formula is C19H20ClN3O3. The van der Waals surface area contributed by atoms with Crippen molar-refractivity contribution >= 4 is 34.9 Å². The van der Waals surface area contributed by atoms with E-state index in [0.29, 0.717) is 22.3 Å². The Kier molecular flexibility index (Phi) is 4.87. The topological polar surface area (TPSA) is 71.5 Å². The summed E-state index contributed by atoms with van der Waals surface area (Å²) in [4.78, 5) is 30.7. The Balaban J connectivity index is 1.73. The van der Waals surface area contributed by atoms with Gasteiger partial charge in [-0.3, -0.25) is 9.59 Å². The highest BCUT2D eigenvalue weighted by Gasteiger charge is 2.40. The predicted octanol–water partition coefficient (Wildman–Crippen LogP) is 3.58. The fourth-order valence-corrected chi connectivity index (χ4v) is 2.88. The molecule has 136 valence electrons. The molecule has 2 amide bonds. The quantitative estimate of drug-likeness (QED) is 0.889. The molecule has 1 aliphatic rings. The van der Waals surface area contributed by atoms with Crippen LogP contribution in [0.3, 0.4) is 0 Å². The lowest BCUT2D eigenvalue weighted by Gasteiger charge is -2.38. The summed E-state index contributed by atoms with van der Waals surface area (Å²) < 4.78 is 5.82. The number of benzene rings is 1. The summed E-state index contributed by atoms with van der Waals surface area (Å²) in [5, 5.41) is 3.20. The van der Waals surface area contributed by atoms with E-state index < -0.39 is 5.60 Å². The minimum absolute atomic E-state index is 0.138. The zero-order valence-electron chi connectivity index (χ0n) is 14.9. The molecular weight excluding hydrogens is 354 g/mol. The molecule has 2 heterocycles. The Hall–Kier alpha value is -2.60. The van der Waals surface area contributed by atoms with Crippen LogP contribution in [0, 0.1) is 6.92 Å². The molecule has 0 unspecified atom stereocenters. The maximum Gasteiger partial charge on any atom is 0.270 e. The summed E-state index contributed by atoms with van der Waals surface area (Å²) in [6.07, 6.45) is 1.60. The van der Waals surface area contributed by atoms with Gasteiger partial charge in [0, 0.05) is 19.2 Å². The molecule has 0 fully saturated rings. The van der Waals surface area contributed by atoms with Crippen LogP contribution in [0.25, 0.3) is 0 Å². The van der Waals surface area contributed by atoms with Gasteiger partial charge in [-0.05, 0) is 50.6 Å². The minimum Gasteiger partial charge on any atom is -0.476 e. The number of anilines is 2. The first-order chi connectivity index (χ1) is 12.3. The van der Waals surface area contributed by atoms with Crippen molar-refractivity contribution in [1.82, 2.24) is 4.98 Å². The van der Waals surface area contributed by atoms with Crippen LogP contribution in [0.1, 0.15) is 25.8 Å². The fraction of sp³-hybridized carbons (Fsp3) is 0.316. The number of pyridine rings is 1. The largest absolute Gasteiger partial charge is 0.476 e. The summed E-state index contributed by atoms with van der Waals surface area (Å²) >= 11 is 5.78. The Labute approximate surface area is 157 Å². The van der Waals surface area contributed by atoms with Gasteiger partial charge in [-0.1, -0.05) is 17.7 Å². The van der Waals surface area contributed by atoms with Gasteiger partial charge in [-0.2, -0.15) is 0 Å². The molecule has 1 aromatic heterocycles. The average Bonchev–Trinajstić information content (AvgIpc) is 2.58. The molecule has 0 saturated heterocycles. The third-order valence-corrected chi connectivity index (χ3v) is 4.31. The fourth-order valence-electron chi connectivity index (χ4n) is 2.77. The molecule has 1 N–H and O–H groups in total. The summed E-state index contributed by atoms with van der Waals surface area (Å²) in [6.45, 7) is 5.65. The Bertz CT molecular complexity index is 850. The summed E-state index contributed by atoms with van der Waals surface area (Å²) in [7, 11) is 0. The minimum atomic E-state index is -0.976. The smallest absolute Gasteiger partial charge is 0.270 e.